The fourth-order valence-corrected chi connectivity index (χ4v) is 5.18. The van der Waals surface area contributed by atoms with Crippen molar-refractivity contribution in [2.24, 2.45) is 0 Å². The number of carbonyl (C=O) groups excluding carboxylic acids is 2. The van der Waals surface area contributed by atoms with Crippen LogP contribution in [0.4, 0.5) is 5.69 Å². The summed E-state index contributed by atoms with van der Waals surface area (Å²) in [7, 11) is -2.65. The molecule has 3 aromatic rings. The third-order valence-corrected chi connectivity index (χ3v) is 7.23. The summed E-state index contributed by atoms with van der Waals surface area (Å²) < 4.78 is 38.4. The lowest BCUT2D eigenvalue weighted by atomic mass is 10.2. The molecular weight excluding hydrogens is 456 g/mol. The van der Waals surface area contributed by atoms with Gasteiger partial charge < -0.3 is 9.15 Å². The number of ether oxygens (including phenoxy) is 1. The van der Waals surface area contributed by atoms with Crippen molar-refractivity contribution in [2.45, 2.75) is 23.9 Å². The zero-order valence-electron chi connectivity index (χ0n) is 17.0. The van der Waals surface area contributed by atoms with Gasteiger partial charge in [0.15, 0.2) is 0 Å². The number of methoxy groups -OCH3 is 1. The first-order chi connectivity index (χ1) is 15.3. The van der Waals surface area contributed by atoms with Crippen LogP contribution in [0, 0.1) is 0 Å². The predicted octanol–water partition coefficient (Wildman–Crippen LogP) is 3.46. The van der Waals surface area contributed by atoms with Crippen LogP contribution in [0.2, 0.25) is 5.02 Å². The largest absolute Gasteiger partial charge is 0.497 e. The van der Waals surface area contributed by atoms with E-state index in [1.54, 1.807) is 36.4 Å². The van der Waals surface area contributed by atoms with Gasteiger partial charge in [-0.1, -0.05) is 11.6 Å². The summed E-state index contributed by atoms with van der Waals surface area (Å²) in [5.41, 5.74) is 0.338. The van der Waals surface area contributed by atoms with Gasteiger partial charge in [-0.15, -0.1) is 0 Å². The van der Waals surface area contributed by atoms with Crippen LogP contribution in [0.15, 0.2) is 76.2 Å². The molecule has 1 aliphatic heterocycles. The zero-order chi connectivity index (χ0) is 22.9. The number of imide groups is 1. The maximum absolute atomic E-state index is 13.5. The van der Waals surface area contributed by atoms with Gasteiger partial charge in [-0.05, 0) is 60.7 Å². The average molecular weight is 475 g/mol. The lowest BCUT2D eigenvalue weighted by Gasteiger charge is -2.26. The SMILES string of the molecule is COc1ccc(N2C(=O)CC(N(Cc3ccco3)S(=O)(=O)c3ccc(Cl)cc3)C2=O)cc1. The van der Waals surface area contributed by atoms with Gasteiger partial charge in [0, 0.05) is 5.02 Å². The summed E-state index contributed by atoms with van der Waals surface area (Å²) in [6.45, 7) is -0.210. The van der Waals surface area contributed by atoms with Crippen LogP contribution in [0.5, 0.6) is 5.75 Å². The van der Waals surface area contributed by atoms with E-state index < -0.39 is 27.9 Å². The molecule has 4 rings (SSSR count). The molecule has 1 fully saturated rings. The van der Waals surface area contributed by atoms with E-state index in [0.717, 1.165) is 9.21 Å². The van der Waals surface area contributed by atoms with E-state index in [9.17, 15) is 18.0 Å². The molecule has 1 aliphatic rings. The van der Waals surface area contributed by atoms with E-state index in [2.05, 4.69) is 0 Å². The molecule has 0 bridgehead atoms. The fraction of sp³-hybridized carbons (Fsp3) is 0.182. The second-order valence-corrected chi connectivity index (χ2v) is 9.40. The van der Waals surface area contributed by atoms with Gasteiger partial charge >= 0.3 is 0 Å². The number of rotatable bonds is 7. The monoisotopic (exact) mass is 474 g/mol. The standard InChI is InChI=1S/C22H19ClN2O6S/c1-30-17-8-6-16(7-9-17)25-21(26)13-20(22(25)27)24(14-18-3-2-12-31-18)32(28,29)19-10-4-15(23)5-11-19/h2-12,20H,13-14H2,1H3. The Labute approximate surface area is 190 Å². The van der Waals surface area contributed by atoms with Crippen molar-refractivity contribution in [2.75, 3.05) is 12.0 Å². The van der Waals surface area contributed by atoms with Crippen molar-refractivity contribution in [3.05, 3.63) is 77.7 Å². The van der Waals surface area contributed by atoms with Crippen molar-refractivity contribution < 1.29 is 27.2 Å². The van der Waals surface area contributed by atoms with Crippen molar-refractivity contribution in [3.63, 3.8) is 0 Å². The Morgan fingerprint density at radius 1 is 1.09 bits per heavy atom. The van der Waals surface area contributed by atoms with Crippen molar-refractivity contribution in [1.82, 2.24) is 4.31 Å². The van der Waals surface area contributed by atoms with Gasteiger partial charge in [0.05, 0.1) is 36.9 Å². The van der Waals surface area contributed by atoms with Gasteiger partial charge in [-0.3, -0.25) is 9.59 Å². The second kappa shape index (κ2) is 8.78. The Morgan fingerprint density at radius 3 is 2.38 bits per heavy atom. The smallest absolute Gasteiger partial charge is 0.252 e. The number of nitrogens with zero attached hydrogens (tertiary/aromatic N) is 2. The van der Waals surface area contributed by atoms with E-state index in [0.29, 0.717) is 22.2 Å². The molecule has 2 amide bonds. The lowest BCUT2D eigenvalue weighted by molar-refractivity contribution is -0.122. The summed E-state index contributed by atoms with van der Waals surface area (Å²) >= 11 is 5.90. The molecule has 1 atom stereocenters. The highest BCUT2D eigenvalue weighted by atomic mass is 35.5. The Hall–Kier alpha value is -3.14. The average Bonchev–Trinajstić information content (AvgIpc) is 3.40. The van der Waals surface area contributed by atoms with Crippen LogP contribution in [0.25, 0.3) is 0 Å². The minimum Gasteiger partial charge on any atom is -0.497 e. The molecule has 1 saturated heterocycles. The Bertz CT molecular complexity index is 1220. The molecule has 32 heavy (non-hydrogen) atoms. The number of furan rings is 1. The number of hydrogen-bond acceptors (Lipinski definition) is 6. The molecule has 0 radical (unpaired) electrons. The number of hydrogen-bond donors (Lipinski definition) is 0. The third kappa shape index (κ3) is 4.14. The highest BCUT2D eigenvalue weighted by molar-refractivity contribution is 7.89. The Morgan fingerprint density at radius 2 is 1.78 bits per heavy atom. The first-order valence-electron chi connectivity index (χ1n) is 9.62. The summed E-state index contributed by atoms with van der Waals surface area (Å²) in [5.74, 6) is -0.231. The van der Waals surface area contributed by atoms with Crippen LogP contribution < -0.4 is 9.64 Å². The predicted molar refractivity (Wildman–Crippen MR) is 117 cm³/mol. The molecule has 0 spiro atoms. The van der Waals surface area contributed by atoms with Crippen molar-refractivity contribution in [1.29, 1.82) is 0 Å². The number of amides is 2. The first-order valence-corrected chi connectivity index (χ1v) is 11.4. The quantitative estimate of drug-likeness (QED) is 0.486. The normalized spacial score (nSPS) is 16.7. The van der Waals surface area contributed by atoms with Gasteiger partial charge in [-0.2, -0.15) is 4.31 Å². The molecule has 1 unspecified atom stereocenters. The summed E-state index contributed by atoms with van der Waals surface area (Å²) in [4.78, 5) is 27.0. The summed E-state index contributed by atoms with van der Waals surface area (Å²) in [6.07, 6.45) is 1.12. The van der Waals surface area contributed by atoms with Crippen molar-refractivity contribution >= 4 is 39.1 Å². The topological polar surface area (TPSA) is 97.1 Å². The summed E-state index contributed by atoms with van der Waals surface area (Å²) in [6, 6.07) is 14.0. The van der Waals surface area contributed by atoms with E-state index >= 15 is 0 Å². The number of benzene rings is 2. The number of halogens is 1. The maximum Gasteiger partial charge on any atom is 0.252 e. The van der Waals surface area contributed by atoms with Gasteiger partial charge in [0.2, 0.25) is 15.9 Å². The lowest BCUT2D eigenvalue weighted by Crippen LogP contribution is -2.45. The zero-order valence-corrected chi connectivity index (χ0v) is 18.5. The highest BCUT2D eigenvalue weighted by Crippen LogP contribution is 2.31. The summed E-state index contributed by atoms with van der Waals surface area (Å²) in [5, 5.41) is 0.374. The Kier molecular flexibility index (Phi) is 6.05. The van der Waals surface area contributed by atoms with Crippen molar-refractivity contribution in [3.8, 4) is 5.75 Å². The van der Waals surface area contributed by atoms with Crippen LogP contribution in [0.1, 0.15) is 12.2 Å². The second-order valence-electron chi connectivity index (χ2n) is 7.07. The van der Waals surface area contributed by atoms with Gasteiger partial charge in [0.25, 0.3) is 5.91 Å². The van der Waals surface area contributed by atoms with Crippen LogP contribution in [-0.2, 0) is 26.2 Å². The molecule has 10 heteroatoms. The van der Waals surface area contributed by atoms with Gasteiger partial charge in [0.1, 0.15) is 17.6 Å². The number of sulfonamides is 1. The van der Waals surface area contributed by atoms with E-state index in [4.69, 9.17) is 20.8 Å². The number of anilines is 1. The van der Waals surface area contributed by atoms with E-state index in [1.165, 1.54) is 37.6 Å². The molecule has 2 aromatic carbocycles. The molecular formula is C22H19ClN2O6S. The minimum absolute atomic E-state index is 0.0448. The third-order valence-electron chi connectivity index (χ3n) is 5.11. The molecule has 0 N–H and O–H groups in total. The maximum atomic E-state index is 13.5. The molecule has 0 saturated carbocycles. The number of carbonyl (C=O) groups is 2. The molecule has 8 nitrogen and oxygen atoms in total. The highest BCUT2D eigenvalue weighted by Gasteiger charge is 2.47. The molecule has 166 valence electrons. The van der Waals surface area contributed by atoms with E-state index in [-0.39, 0.29) is 17.9 Å². The molecule has 2 heterocycles. The molecule has 0 aliphatic carbocycles. The Balaban J connectivity index is 1.71. The minimum atomic E-state index is -4.15. The van der Waals surface area contributed by atoms with Crippen LogP contribution in [-0.4, -0.2) is 37.7 Å². The van der Waals surface area contributed by atoms with Crippen LogP contribution >= 0.6 is 11.6 Å². The van der Waals surface area contributed by atoms with Gasteiger partial charge in [-0.25, -0.2) is 13.3 Å². The van der Waals surface area contributed by atoms with Crippen LogP contribution in [0.3, 0.4) is 0 Å². The first kappa shape index (κ1) is 22.1. The van der Waals surface area contributed by atoms with E-state index in [1.807, 2.05) is 0 Å². The fourth-order valence-electron chi connectivity index (χ4n) is 3.50. The molecule has 1 aromatic heterocycles.